The van der Waals surface area contributed by atoms with Crippen molar-refractivity contribution in [3.05, 3.63) is 60.9 Å². The molecule has 8 nitrogen and oxygen atoms in total. The van der Waals surface area contributed by atoms with Crippen LogP contribution in [-0.4, -0.2) is 66.5 Å². The molecular formula is C27H31N5O3S. The summed E-state index contributed by atoms with van der Waals surface area (Å²) in [6.07, 6.45) is 5.37. The van der Waals surface area contributed by atoms with E-state index in [1.165, 1.54) is 12.8 Å². The molecule has 188 valence electrons. The molecule has 1 aliphatic rings. The van der Waals surface area contributed by atoms with Gasteiger partial charge in [0.2, 0.25) is 0 Å². The largest absolute Gasteiger partial charge is 0.395 e. The molecule has 0 amide bonds. The van der Waals surface area contributed by atoms with Crippen LogP contribution in [0.5, 0.6) is 0 Å². The first-order chi connectivity index (χ1) is 17.7. The lowest BCUT2D eigenvalue weighted by Crippen LogP contribution is -2.31. The van der Waals surface area contributed by atoms with Gasteiger partial charge in [-0.1, -0.05) is 55.3 Å². The first-order valence-corrected chi connectivity index (χ1v) is 13.4. The number of aliphatic hydroxyl groups excluding tert-OH is 2. The molecule has 1 aliphatic carbocycles. The van der Waals surface area contributed by atoms with Gasteiger partial charge in [0.25, 0.3) is 0 Å². The van der Waals surface area contributed by atoms with Crippen LogP contribution < -0.4 is 5.32 Å². The zero-order valence-corrected chi connectivity index (χ0v) is 20.9. The van der Waals surface area contributed by atoms with Crippen molar-refractivity contribution in [3.63, 3.8) is 0 Å². The Bertz CT molecular complexity index is 1320. The van der Waals surface area contributed by atoms with E-state index in [9.17, 15) is 14.4 Å². The van der Waals surface area contributed by atoms with Crippen molar-refractivity contribution < 1.29 is 14.4 Å². The Labute approximate surface area is 213 Å². The zero-order valence-electron chi connectivity index (χ0n) is 20.1. The molecule has 0 radical (unpaired) electrons. The monoisotopic (exact) mass is 505 g/mol. The van der Waals surface area contributed by atoms with Crippen LogP contribution in [0.4, 0.5) is 5.82 Å². The Hall–Kier alpha value is -3.11. The second-order valence-electron chi connectivity index (χ2n) is 9.00. The molecule has 0 spiro atoms. The van der Waals surface area contributed by atoms with E-state index in [4.69, 9.17) is 0 Å². The number of aromatic nitrogens is 3. The standard InChI is InChI=1S/C27H31N5O3S/c33-16-14-32(15-17-34)36(35)22-10-8-21(9-11-22)25-23(20-4-2-1-3-5-20)24-26(28-13-12-19-6-7-19)29-18-30-27(24)31-25/h1-5,8-11,18-19,33-34H,6-7,12-17H2,(H2,28,29,30,31). The number of aliphatic hydroxyl groups is 2. The molecule has 0 saturated heterocycles. The fraction of sp³-hybridized carbons (Fsp3) is 0.333. The van der Waals surface area contributed by atoms with E-state index in [2.05, 4.69) is 32.4 Å². The lowest BCUT2D eigenvalue weighted by atomic mass is 9.99. The molecule has 2 aromatic heterocycles. The molecule has 0 aliphatic heterocycles. The Morgan fingerprint density at radius 3 is 2.36 bits per heavy atom. The van der Waals surface area contributed by atoms with Crippen molar-refractivity contribution in [2.24, 2.45) is 5.92 Å². The molecule has 1 atom stereocenters. The number of H-pyrrole nitrogens is 1. The van der Waals surface area contributed by atoms with Gasteiger partial charge in [0.1, 0.15) is 28.8 Å². The lowest BCUT2D eigenvalue weighted by molar-refractivity contribution is 0.222. The number of nitrogens with zero attached hydrogens (tertiary/aromatic N) is 3. The highest BCUT2D eigenvalue weighted by molar-refractivity contribution is 7.82. The van der Waals surface area contributed by atoms with Crippen molar-refractivity contribution >= 4 is 27.8 Å². The molecule has 5 rings (SSSR count). The highest BCUT2D eigenvalue weighted by Gasteiger charge is 2.23. The quantitative estimate of drug-likeness (QED) is 0.233. The third-order valence-electron chi connectivity index (χ3n) is 6.47. The number of benzene rings is 2. The molecule has 1 fully saturated rings. The van der Waals surface area contributed by atoms with Gasteiger partial charge in [0, 0.05) is 25.2 Å². The van der Waals surface area contributed by atoms with Crippen LogP contribution in [-0.2, 0) is 11.0 Å². The van der Waals surface area contributed by atoms with E-state index < -0.39 is 11.0 Å². The molecule has 4 aromatic rings. The minimum Gasteiger partial charge on any atom is -0.395 e. The molecule has 2 aromatic carbocycles. The van der Waals surface area contributed by atoms with Crippen molar-refractivity contribution in [2.45, 2.75) is 24.2 Å². The molecule has 36 heavy (non-hydrogen) atoms. The predicted octanol–water partition coefficient (Wildman–Crippen LogP) is 3.81. The molecule has 1 saturated carbocycles. The molecule has 1 unspecified atom stereocenters. The summed E-state index contributed by atoms with van der Waals surface area (Å²) in [5, 5.41) is 23.1. The number of nitrogens with one attached hydrogen (secondary N) is 2. The average Bonchev–Trinajstić information content (AvgIpc) is 3.66. The van der Waals surface area contributed by atoms with Gasteiger partial charge >= 0.3 is 0 Å². The van der Waals surface area contributed by atoms with Crippen LogP contribution >= 0.6 is 0 Å². The number of hydrogen-bond acceptors (Lipinski definition) is 6. The second kappa shape index (κ2) is 11.3. The zero-order chi connectivity index (χ0) is 24.9. The van der Waals surface area contributed by atoms with Gasteiger partial charge in [-0.2, -0.15) is 0 Å². The summed E-state index contributed by atoms with van der Waals surface area (Å²) in [4.78, 5) is 13.2. The van der Waals surface area contributed by atoms with E-state index in [0.717, 1.165) is 58.1 Å². The van der Waals surface area contributed by atoms with Gasteiger partial charge in [0.15, 0.2) is 0 Å². The van der Waals surface area contributed by atoms with Crippen LogP contribution in [0.3, 0.4) is 0 Å². The maximum absolute atomic E-state index is 13.0. The number of aromatic amines is 1. The molecule has 9 heteroatoms. The van der Waals surface area contributed by atoms with Gasteiger partial charge in [0.05, 0.1) is 29.2 Å². The SMILES string of the molecule is O=S(c1ccc(-c2[nH]c3ncnc(NCCC4CC4)c3c2-c2ccccc2)cc1)N(CCO)CCO. The summed E-state index contributed by atoms with van der Waals surface area (Å²) in [5.41, 5.74) is 4.70. The summed E-state index contributed by atoms with van der Waals surface area (Å²) < 4.78 is 14.5. The van der Waals surface area contributed by atoms with Gasteiger partial charge in [-0.05, 0) is 35.6 Å². The maximum Gasteiger partial charge on any atom is 0.143 e. The summed E-state index contributed by atoms with van der Waals surface area (Å²) in [6.45, 7) is 1.08. The van der Waals surface area contributed by atoms with Gasteiger partial charge < -0.3 is 20.5 Å². The first-order valence-electron chi connectivity index (χ1n) is 12.3. The van der Waals surface area contributed by atoms with E-state index in [1.807, 2.05) is 42.5 Å². The topological polar surface area (TPSA) is 114 Å². The predicted molar refractivity (Wildman–Crippen MR) is 143 cm³/mol. The van der Waals surface area contributed by atoms with Gasteiger partial charge in [-0.25, -0.2) is 18.5 Å². The highest BCUT2D eigenvalue weighted by atomic mass is 32.2. The smallest absolute Gasteiger partial charge is 0.143 e. The Kier molecular flexibility index (Phi) is 7.72. The first kappa shape index (κ1) is 24.6. The molecule has 2 heterocycles. The number of rotatable bonds is 12. The van der Waals surface area contributed by atoms with Crippen molar-refractivity contribution in [2.75, 3.05) is 38.2 Å². The summed E-state index contributed by atoms with van der Waals surface area (Å²) in [6, 6.07) is 17.7. The van der Waals surface area contributed by atoms with Crippen molar-refractivity contribution in [1.29, 1.82) is 0 Å². The van der Waals surface area contributed by atoms with E-state index in [1.54, 1.807) is 10.6 Å². The Balaban J connectivity index is 1.53. The third kappa shape index (κ3) is 5.34. The molecule has 0 bridgehead atoms. The van der Waals surface area contributed by atoms with Crippen LogP contribution in [0.2, 0.25) is 0 Å². The average molecular weight is 506 g/mol. The highest BCUT2D eigenvalue weighted by Crippen LogP contribution is 2.40. The van der Waals surface area contributed by atoms with Crippen LogP contribution in [0.15, 0.2) is 65.8 Å². The van der Waals surface area contributed by atoms with Gasteiger partial charge in [-0.3, -0.25) is 0 Å². The Morgan fingerprint density at radius 2 is 1.69 bits per heavy atom. The lowest BCUT2D eigenvalue weighted by Gasteiger charge is -2.19. The molecule has 4 N–H and O–H groups in total. The number of hydrogen-bond donors (Lipinski definition) is 4. The van der Waals surface area contributed by atoms with E-state index in [-0.39, 0.29) is 26.3 Å². The number of anilines is 1. The summed E-state index contributed by atoms with van der Waals surface area (Å²) in [7, 11) is -1.48. The van der Waals surface area contributed by atoms with Crippen LogP contribution in [0, 0.1) is 5.92 Å². The van der Waals surface area contributed by atoms with E-state index >= 15 is 0 Å². The van der Waals surface area contributed by atoms with Crippen LogP contribution in [0.1, 0.15) is 19.3 Å². The minimum atomic E-state index is -1.48. The van der Waals surface area contributed by atoms with Crippen molar-refractivity contribution in [1.82, 2.24) is 19.3 Å². The fourth-order valence-corrected chi connectivity index (χ4v) is 5.62. The van der Waals surface area contributed by atoms with E-state index in [0.29, 0.717) is 4.90 Å². The second-order valence-corrected chi connectivity index (χ2v) is 10.5. The maximum atomic E-state index is 13.0. The van der Waals surface area contributed by atoms with Gasteiger partial charge in [-0.15, -0.1) is 0 Å². The number of fused-ring (bicyclic) bond motifs is 1. The van der Waals surface area contributed by atoms with Crippen molar-refractivity contribution in [3.8, 4) is 22.4 Å². The minimum absolute atomic E-state index is 0.128. The molecular weight excluding hydrogens is 474 g/mol. The Morgan fingerprint density at radius 1 is 0.972 bits per heavy atom. The fourth-order valence-electron chi connectivity index (χ4n) is 4.46. The summed E-state index contributed by atoms with van der Waals surface area (Å²) in [5.74, 6) is 1.66. The third-order valence-corrected chi connectivity index (χ3v) is 7.98. The van der Waals surface area contributed by atoms with Crippen LogP contribution in [0.25, 0.3) is 33.4 Å². The normalized spacial score (nSPS) is 14.4. The summed E-state index contributed by atoms with van der Waals surface area (Å²) >= 11 is 0.